The van der Waals surface area contributed by atoms with E-state index < -0.39 is 10.8 Å². The number of rotatable bonds is 5. The molecule has 0 aliphatic carbocycles. The van der Waals surface area contributed by atoms with Crippen molar-refractivity contribution in [3.63, 3.8) is 0 Å². The summed E-state index contributed by atoms with van der Waals surface area (Å²) in [6, 6.07) is 14.4. The molecule has 2 aromatic carbocycles. The zero-order chi connectivity index (χ0) is 17.5. The fraction of sp³-hybridized carbons (Fsp3) is 0. The molecule has 0 saturated heterocycles. The van der Waals surface area contributed by atoms with Crippen molar-refractivity contribution in [1.29, 1.82) is 5.26 Å². The Morgan fingerprint density at radius 3 is 2.54 bits per heavy atom. The number of nitro groups is 1. The lowest BCUT2D eigenvalue weighted by molar-refractivity contribution is -0.384. The molecule has 0 spiro atoms. The predicted octanol–water partition coefficient (Wildman–Crippen LogP) is 3.82. The van der Waals surface area contributed by atoms with Crippen molar-refractivity contribution in [2.75, 3.05) is 10.6 Å². The molecular weight excluding hydrogens is 376 g/mol. The molecule has 0 aliphatic heterocycles. The van der Waals surface area contributed by atoms with E-state index in [1.54, 1.807) is 18.2 Å². The van der Waals surface area contributed by atoms with Gasteiger partial charge in [0.2, 0.25) is 0 Å². The van der Waals surface area contributed by atoms with E-state index in [0.717, 1.165) is 4.47 Å². The first-order valence-corrected chi connectivity index (χ1v) is 7.47. The van der Waals surface area contributed by atoms with Crippen LogP contribution in [0.3, 0.4) is 0 Å². The lowest BCUT2D eigenvalue weighted by Crippen LogP contribution is -2.14. The van der Waals surface area contributed by atoms with Crippen LogP contribution in [0.2, 0.25) is 0 Å². The van der Waals surface area contributed by atoms with Crippen molar-refractivity contribution in [3.8, 4) is 6.07 Å². The highest BCUT2D eigenvalue weighted by Gasteiger charge is 2.12. The second kappa shape index (κ2) is 7.89. The quantitative estimate of drug-likeness (QED) is 0.351. The van der Waals surface area contributed by atoms with E-state index in [1.165, 1.54) is 30.5 Å². The van der Waals surface area contributed by atoms with Crippen LogP contribution in [0.4, 0.5) is 17.1 Å². The second-order valence-electron chi connectivity index (χ2n) is 4.58. The molecule has 24 heavy (non-hydrogen) atoms. The van der Waals surface area contributed by atoms with E-state index in [1.807, 2.05) is 12.1 Å². The fourth-order valence-corrected chi connectivity index (χ4v) is 2.01. The van der Waals surface area contributed by atoms with E-state index in [-0.39, 0.29) is 16.9 Å². The van der Waals surface area contributed by atoms with Gasteiger partial charge in [-0.2, -0.15) is 5.26 Å². The molecule has 120 valence electrons. The number of carbonyl (C=O) groups is 1. The summed E-state index contributed by atoms with van der Waals surface area (Å²) in [7, 11) is 0. The van der Waals surface area contributed by atoms with E-state index in [2.05, 4.69) is 26.6 Å². The summed E-state index contributed by atoms with van der Waals surface area (Å²) in [6.45, 7) is 0. The maximum atomic E-state index is 12.1. The SMILES string of the molecule is N#C/C(=C/Nc1ccc(Br)cc1)C(=O)Nc1cccc([N+](=O)[O-])c1. The summed E-state index contributed by atoms with van der Waals surface area (Å²) in [5, 5.41) is 25.1. The molecule has 0 unspecified atom stereocenters. The van der Waals surface area contributed by atoms with Crippen molar-refractivity contribution in [1.82, 2.24) is 0 Å². The Labute approximate surface area is 145 Å². The van der Waals surface area contributed by atoms with Gasteiger partial charge in [0.05, 0.1) is 4.92 Å². The number of hydrogen-bond donors (Lipinski definition) is 2. The van der Waals surface area contributed by atoms with Crippen molar-refractivity contribution in [2.24, 2.45) is 0 Å². The number of nitrogens with zero attached hydrogens (tertiary/aromatic N) is 2. The van der Waals surface area contributed by atoms with E-state index in [0.29, 0.717) is 5.69 Å². The molecule has 2 rings (SSSR count). The average molecular weight is 387 g/mol. The van der Waals surface area contributed by atoms with Crippen LogP contribution in [0.1, 0.15) is 0 Å². The number of hydrogen-bond acceptors (Lipinski definition) is 5. The summed E-state index contributed by atoms with van der Waals surface area (Å²) in [5.41, 5.74) is 0.626. The number of benzene rings is 2. The maximum Gasteiger partial charge on any atom is 0.271 e. The third-order valence-corrected chi connectivity index (χ3v) is 3.44. The zero-order valence-corrected chi connectivity index (χ0v) is 13.8. The normalized spacial score (nSPS) is 10.6. The summed E-state index contributed by atoms with van der Waals surface area (Å²) >= 11 is 3.31. The molecule has 0 heterocycles. The lowest BCUT2D eigenvalue weighted by Gasteiger charge is -2.05. The summed E-state index contributed by atoms with van der Waals surface area (Å²) < 4.78 is 0.904. The highest BCUT2D eigenvalue weighted by Crippen LogP contribution is 2.18. The number of amides is 1. The van der Waals surface area contributed by atoms with Gasteiger partial charge in [0.1, 0.15) is 11.6 Å². The number of carbonyl (C=O) groups excluding carboxylic acids is 1. The van der Waals surface area contributed by atoms with Gasteiger partial charge < -0.3 is 10.6 Å². The standard InChI is InChI=1S/C16H11BrN4O3/c17-12-4-6-13(7-5-12)19-10-11(9-18)16(22)20-14-2-1-3-15(8-14)21(23)24/h1-8,10,19H,(H,20,22)/b11-10-. The molecule has 8 heteroatoms. The van der Waals surface area contributed by atoms with Gasteiger partial charge in [0.25, 0.3) is 11.6 Å². The molecule has 0 bridgehead atoms. The molecule has 0 aliphatic rings. The smallest absolute Gasteiger partial charge is 0.271 e. The number of non-ortho nitro benzene ring substituents is 1. The summed E-state index contributed by atoms with van der Waals surface area (Å²) in [4.78, 5) is 22.2. The van der Waals surface area contributed by atoms with Crippen LogP contribution in [-0.4, -0.2) is 10.8 Å². The first-order chi connectivity index (χ1) is 11.5. The Balaban J connectivity index is 2.10. The van der Waals surface area contributed by atoms with E-state index >= 15 is 0 Å². The van der Waals surface area contributed by atoms with E-state index in [4.69, 9.17) is 5.26 Å². The minimum atomic E-state index is -0.664. The van der Waals surface area contributed by atoms with Crippen LogP contribution >= 0.6 is 15.9 Å². The van der Waals surface area contributed by atoms with Gasteiger partial charge in [-0.1, -0.05) is 22.0 Å². The van der Waals surface area contributed by atoms with Crippen LogP contribution < -0.4 is 10.6 Å². The van der Waals surface area contributed by atoms with Crippen LogP contribution in [0, 0.1) is 21.4 Å². The van der Waals surface area contributed by atoms with Crippen molar-refractivity contribution >= 4 is 38.9 Å². The van der Waals surface area contributed by atoms with Crippen LogP contribution in [-0.2, 0) is 4.79 Å². The molecule has 1 amide bonds. The monoisotopic (exact) mass is 386 g/mol. The first-order valence-electron chi connectivity index (χ1n) is 6.68. The molecule has 2 N–H and O–H groups in total. The number of anilines is 2. The second-order valence-corrected chi connectivity index (χ2v) is 5.50. The highest BCUT2D eigenvalue weighted by atomic mass is 79.9. The Kier molecular flexibility index (Phi) is 5.65. The van der Waals surface area contributed by atoms with Crippen LogP contribution in [0.15, 0.2) is 64.8 Å². The highest BCUT2D eigenvalue weighted by molar-refractivity contribution is 9.10. The van der Waals surface area contributed by atoms with Gasteiger partial charge >= 0.3 is 0 Å². The van der Waals surface area contributed by atoms with Crippen LogP contribution in [0.25, 0.3) is 0 Å². The summed E-state index contributed by atoms with van der Waals surface area (Å²) in [6.07, 6.45) is 1.27. The number of nitro benzene ring substituents is 1. The van der Waals surface area contributed by atoms with Crippen molar-refractivity contribution in [2.45, 2.75) is 0 Å². The molecule has 7 nitrogen and oxygen atoms in total. The fourth-order valence-electron chi connectivity index (χ4n) is 1.75. The average Bonchev–Trinajstić information content (AvgIpc) is 2.57. The lowest BCUT2D eigenvalue weighted by atomic mass is 10.2. The van der Waals surface area contributed by atoms with Crippen LogP contribution in [0.5, 0.6) is 0 Å². The number of halogens is 1. The predicted molar refractivity (Wildman–Crippen MR) is 93.2 cm³/mol. The first kappa shape index (κ1) is 17.2. The van der Waals surface area contributed by atoms with Gasteiger partial charge in [0, 0.05) is 34.2 Å². The Hall–Kier alpha value is -3.18. The van der Waals surface area contributed by atoms with Gasteiger partial charge in [-0.05, 0) is 30.3 Å². The molecule has 0 saturated carbocycles. The van der Waals surface area contributed by atoms with Crippen molar-refractivity contribution < 1.29 is 9.72 Å². The molecule has 0 radical (unpaired) electrons. The maximum absolute atomic E-state index is 12.1. The molecule has 0 atom stereocenters. The minimum absolute atomic E-state index is 0.150. The molecule has 0 aromatic heterocycles. The summed E-state index contributed by atoms with van der Waals surface area (Å²) in [5.74, 6) is -0.664. The Bertz CT molecular complexity index is 841. The Morgan fingerprint density at radius 1 is 1.21 bits per heavy atom. The largest absolute Gasteiger partial charge is 0.360 e. The van der Waals surface area contributed by atoms with Gasteiger partial charge in [-0.3, -0.25) is 14.9 Å². The third kappa shape index (κ3) is 4.66. The number of nitriles is 1. The molecular formula is C16H11BrN4O3. The van der Waals surface area contributed by atoms with Gasteiger partial charge in [-0.15, -0.1) is 0 Å². The molecule has 2 aromatic rings. The minimum Gasteiger partial charge on any atom is -0.360 e. The third-order valence-electron chi connectivity index (χ3n) is 2.91. The van der Waals surface area contributed by atoms with E-state index in [9.17, 15) is 14.9 Å². The number of nitrogens with one attached hydrogen (secondary N) is 2. The Morgan fingerprint density at radius 2 is 1.92 bits per heavy atom. The van der Waals surface area contributed by atoms with Crippen molar-refractivity contribution in [3.05, 3.63) is 74.9 Å². The van der Waals surface area contributed by atoms with Gasteiger partial charge in [-0.25, -0.2) is 0 Å². The molecule has 0 fully saturated rings. The zero-order valence-electron chi connectivity index (χ0n) is 12.2. The van der Waals surface area contributed by atoms with Gasteiger partial charge in [0.15, 0.2) is 0 Å². The topological polar surface area (TPSA) is 108 Å².